The van der Waals surface area contributed by atoms with E-state index < -0.39 is 0 Å². The van der Waals surface area contributed by atoms with Crippen LogP contribution in [0.5, 0.6) is 5.75 Å². The van der Waals surface area contributed by atoms with E-state index in [4.69, 9.17) is 15.3 Å². The van der Waals surface area contributed by atoms with E-state index in [2.05, 4.69) is 32.7 Å². The SMILES string of the molecule is COc1cc(Nc2ccnc(Nc3ccc(C#N)cc3)n2)ccc1-c1ccc(C#N)cc1. The fourth-order valence-corrected chi connectivity index (χ4v) is 3.13. The van der Waals surface area contributed by atoms with Gasteiger partial charge in [0.05, 0.1) is 30.4 Å². The van der Waals surface area contributed by atoms with E-state index in [-0.39, 0.29) is 0 Å². The second-order valence-corrected chi connectivity index (χ2v) is 6.81. The van der Waals surface area contributed by atoms with E-state index >= 15 is 0 Å². The predicted octanol–water partition coefficient (Wildman–Crippen LogP) is 5.38. The Morgan fingerprint density at radius 1 is 0.781 bits per heavy atom. The number of hydrogen-bond donors (Lipinski definition) is 2. The Hall–Kier alpha value is -4.88. The average molecular weight is 418 g/mol. The van der Waals surface area contributed by atoms with E-state index in [9.17, 15) is 0 Å². The summed E-state index contributed by atoms with van der Waals surface area (Å²) in [5, 5.41) is 24.3. The lowest BCUT2D eigenvalue weighted by Crippen LogP contribution is -2.00. The monoisotopic (exact) mass is 418 g/mol. The molecule has 0 radical (unpaired) electrons. The first kappa shape index (κ1) is 20.4. The highest BCUT2D eigenvalue weighted by Crippen LogP contribution is 2.33. The smallest absolute Gasteiger partial charge is 0.229 e. The molecule has 154 valence electrons. The van der Waals surface area contributed by atoms with Gasteiger partial charge in [-0.3, -0.25) is 0 Å². The second-order valence-electron chi connectivity index (χ2n) is 6.81. The van der Waals surface area contributed by atoms with Crippen molar-refractivity contribution in [2.24, 2.45) is 0 Å². The maximum atomic E-state index is 8.99. The predicted molar refractivity (Wildman–Crippen MR) is 123 cm³/mol. The van der Waals surface area contributed by atoms with Crippen molar-refractivity contribution in [3.8, 4) is 29.0 Å². The quantitative estimate of drug-likeness (QED) is 0.433. The van der Waals surface area contributed by atoms with Gasteiger partial charge in [-0.15, -0.1) is 0 Å². The van der Waals surface area contributed by atoms with E-state index in [0.29, 0.717) is 28.6 Å². The highest BCUT2D eigenvalue weighted by atomic mass is 16.5. The van der Waals surface area contributed by atoms with Crippen molar-refractivity contribution in [1.82, 2.24) is 9.97 Å². The highest BCUT2D eigenvalue weighted by Gasteiger charge is 2.09. The third-order valence-electron chi connectivity index (χ3n) is 4.72. The molecule has 4 aromatic rings. The molecule has 0 saturated carbocycles. The molecule has 0 amide bonds. The molecule has 0 atom stereocenters. The minimum atomic E-state index is 0.431. The molecular formula is C25H18N6O. The third kappa shape index (κ3) is 4.64. The normalized spacial score (nSPS) is 9.97. The van der Waals surface area contributed by atoms with Crippen LogP contribution in [0.25, 0.3) is 11.1 Å². The number of nitriles is 2. The van der Waals surface area contributed by atoms with Crippen molar-refractivity contribution >= 4 is 23.1 Å². The number of anilines is 4. The zero-order chi connectivity index (χ0) is 22.3. The van der Waals surface area contributed by atoms with Crippen molar-refractivity contribution in [3.05, 3.63) is 90.1 Å². The first-order chi connectivity index (χ1) is 15.7. The van der Waals surface area contributed by atoms with Gasteiger partial charge in [0.2, 0.25) is 5.95 Å². The summed E-state index contributed by atoms with van der Waals surface area (Å²) in [6.07, 6.45) is 1.66. The Balaban J connectivity index is 1.53. The van der Waals surface area contributed by atoms with Crippen LogP contribution in [0.3, 0.4) is 0 Å². The summed E-state index contributed by atoms with van der Waals surface area (Å²) in [6.45, 7) is 0. The van der Waals surface area contributed by atoms with Crippen LogP contribution in [0.4, 0.5) is 23.1 Å². The van der Waals surface area contributed by atoms with Gasteiger partial charge < -0.3 is 15.4 Å². The van der Waals surface area contributed by atoms with E-state index in [0.717, 1.165) is 22.5 Å². The van der Waals surface area contributed by atoms with Gasteiger partial charge in [0, 0.05) is 29.2 Å². The summed E-state index contributed by atoms with van der Waals surface area (Å²) in [5.74, 6) is 1.75. The Labute approximate surface area is 185 Å². The summed E-state index contributed by atoms with van der Waals surface area (Å²) < 4.78 is 5.58. The second kappa shape index (κ2) is 9.29. The zero-order valence-electron chi connectivity index (χ0n) is 17.2. The standard InChI is InChI=1S/C25H18N6O/c1-32-23-14-21(10-11-22(23)19-6-2-17(15-26)3-7-19)29-24-12-13-28-25(31-24)30-20-8-4-18(16-27)5-9-20/h2-14H,1H3,(H2,28,29,30,31). The van der Waals surface area contributed by atoms with Gasteiger partial charge in [-0.1, -0.05) is 12.1 Å². The lowest BCUT2D eigenvalue weighted by atomic mass is 10.0. The van der Waals surface area contributed by atoms with Crippen LogP contribution < -0.4 is 15.4 Å². The molecule has 4 rings (SSSR count). The van der Waals surface area contributed by atoms with Crippen LogP contribution in [0, 0.1) is 22.7 Å². The lowest BCUT2D eigenvalue weighted by Gasteiger charge is -2.13. The van der Waals surface area contributed by atoms with Gasteiger partial charge in [-0.05, 0) is 60.2 Å². The Morgan fingerprint density at radius 2 is 1.44 bits per heavy atom. The molecular weight excluding hydrogens is 400 g/mol. The molecule has 0 aliphatic rings. The highest BCUT2D eigenvalue weighted by molar-refractivity contribution is 5.75. The van der Waals surface area contributed by atoms with Gasteiger partial charge in [0.1, 0.15) is 11.6 Å². The Kier molecular flexibility index (Phi) is 5.92. The fourth-order valence-electron chi connectivity index (χ4n) is 3.13. The van der Waals surface area contributed by atoms with Crippen LogP contribution in [-0.4, -0.2) is 17.1 Å². The van der Waals surface area contributed by atoms with Crippen molar-refractivity contribution in [1.29, 1.82) is 10.5 Å². The summed E-state index contributed by atoms with van der Waals surface area (Å²) >= 11 is 0. The first-order valence-electron chi connectivity index (χ1n) is 9.74. The molecule has 0 spiro atoms. The molecule has 0 saturated heterocycles. The first-order valence-corrected chi connectivity index (χ1v) is 9.74. The van der Waals surface area contributed by atoms with E-state index in [1.54, 1.807) is 55.8 Å². The molecule has 32 heavy (non-hydrogen) atoms. The van der Waals surface area contributed by atoms with Crippen LogP contribution in [0.15, 0.2) is 79.0 Å². The minimum Gasteiger partial charge on any atom is -0.496 e. The van der Waals surface area contributed by atoms with E-state index in [1.807, 2.05) is 30.3 Å². The number of aromatic nitrogens is 2. The third-order valence-corrected chi connectivity index (χ3v) is 4.72. The van der Waals surface area contributed by atoms with Crippen LogP contribution >= 0.6 is 0 Å². The molecule has 0 aliphatic carbocycles. The van der Waals surface area contributed by atoms with Gasteiger partial charge in [0.25, 0.3) is 0 Å². The van der Waals surface area contributed by atoms with Gasteiger partial charge in [-0.25, -0.2) is 4.98 Å². The largest absolute Gasteiger partial charge is 0.496 e. The van der Waals surface area contributed by atoms with Crippen molar-refractivity contribution in [2.45, 2.75) is 0 Å². The lowest BCUT2D eigenvalue weighted by molar-refractivity contribution is 0.416. The van der Waals surface area contributed by atoms with E-state index in [1.165, 1.54) is 0 Å². The number of benzene rings is 3. The van der Waals surface area contributed by atoms with Crippen molar-refractivity contribution in [3.63, 3.8) is 0 Å². The Bertz CT molecular complexity index is 1320. The molecule has 0 unspecified atom stereocenters. The molecule has 7 heteroatoms. The molecule has 0 aliphatic heterocycles. The Morgan fingerprint density at radius 3 is 2.09 bits per heavy atom. The average Bonchev–Trinajstić information content (AvgIpc) is 2.85. The molecule has 7 nitrogen and oxygen atoms in total. The van der Waals surface area contributed by atoms with Crippen molar-refractivity contribution < 1.29 is 4.74 Å². The molecule has 1 aromatic heterocycles. The minimum absolute atomic E-state index is 0.431. The van der Waals surface area contributed by atoms with Crippen LogP contribution in [0.1, 0.15) is 11.1 Å². The maximum Gasteiger partial charge on any atom is 0.229 e. The zero-order valence-corrected chi connectivity index (χ0v) is 17.2. The molecule has 2 N–H and O–H groups in total. The van der Waals surface area contributed by atoms with Crippen LogP contribution in [-0.2, 0) is 0 Å². The topological polar surface area (TPSA) is 107 Å². The summed E-state index contributed by atoms with van der Waals surface area (Å²) in [5.41, 5.74) is 4.68. The molecule has 1 heterocycles. The number of hydrogen-bond acceptors (Lipinski definition) is 7. The molecule has 0 bridgehead atoms. The summed E-state index contributed by atoms with van der Waals surface area (Å²) in [6, 6.07) is 26.2. The molecule has 3 aromatic carbocycles. The van der Waals surface area contributed by atoms with Gasteiger partial charge >= 0.3 is 0 Å². The summed E-state index contributed by atoms with van der Waals surface area (Å²) in [7, 11) is 1.62. The fraction of sp³-hybridized carbons (Fsp3) is 0.0400. The van der Waals surface area contributed by atoms with Crippen LogP contribution in [0.2, 0.25) is 0 Å². The van der Waals surface area contributed by atoms with Crippen molar-refractivity contribution in [2.75, 3.05) is 17.7 Å². The number of nitrogens with zero attached hydrogens (tertiary/aromatic N) is 4. The number of rotatable bonds is 6. The molecule has 0 fully saturated rings. The maximum absolute atomic E-state index is 8.99. The number of methoxy groups -OCH3 is 1. The van der Waals surface area contributed by atoms with Gasteiger partial charge in [-0.2, -0.15) is 15.5 Å². The summed E-state index contributed by atoms with van der Waals surface area (Å²) in [4.78, 5) is 8.74. The number of ether oxygens (including phenoxy) is 1. The van der Waals surface area contributed by atoms with Gasteiger partial charge in [0.15, 0.2) is 0 Å². The number of nitrogens with one attached hydrogen (secondary N) is 2.